The predicted octanol–water partition coefficient (Wildman–Crippen LogP) is 4.07. The van der Waals surface area contributed by atoms with Crippen LogP contribution in [0.5, 0.6) is 5.75 Å². The molecule has 162 valence electrons. The second kappa shape index (κ2) is 9.22. The highest BCUT2D eigenvalue weighted by Crippen LogP contribution is 2.27. The first kappa shape index (κ1) is 22.4. The molecule has 0 aliphatic rings. The van der Waals surface area contributed by atoms with Gasteiger partial charge in [-0.3, -0.25) is 9.10 Å². The van der Waals surface area contributed by atoms with Gasteiger partial charge < -0.3 is 10.1 Å². The van der Waals surface area contributed by atoms with E-state index in [2.05, 4.69) is 5.32 Å². The van der Waals surface area contributed by atoms with Gasteiger partial charge in [0, 0.05) is 24.7 Å². The molecule has 31 heavy (non-hydrogen) atoms. The molecule has 0 aromatic heterocycles. The number of carbonyl (C=O) groups is 1. The molecule has 0 heterocycles. The van der Waals surface area contributed by atoms with Crippen LogP contribution < -0.4 is 14.4 Å². The first-order chi connectivity index (χ1) is 14.7. The fraction of sp³-hybridized carbons (Fsp3) is 0.208. The van der Waals surface area contributed by atoms with Crippen molar-refractivity contribution in [2.45, 2.75) is 25.3 Å². The summed E-state index contributed by atoms with van der Waals surface area (Å²) >= 11 is 0. The highest BCUT2D eigenvalue weighted by molar-refractivity contribution is 7.92. The fourth-order valence-electron chi connectivity index (χ4n) is 3.21. The summed E-state index contributed by atoms with van der Waals surface area (Å²) in [5.74, 6) is 0.393. The number of methoxy groups -OCH3 is 1. The number of carbonyl (C=O) groups excluding carboxylic acids is 1. The molecule has 6 nitrogen and oxygen atoms in total. The number of ether oxygens (including phenoxy) is 1. The van der Waals surface area contributed by atoms with Gasteiger partial charge in [0.05, 0.1) is 17.7 Å². The molecule has 0 unspecified atom stereocenters. The monoisotopic (exact) mass is 438 g/mol. The lowest BCUT2D eigenvalue weighted by atomic mass is 10.1. The van der Waals surface area contributed by atoms with Gasteiger partial charge in [0.1, 0.15) is 5.75 Å². The van der Waals surface area contributed by atoms with E-state index < -0.39 is 10.0 Å². The number of nitrogens with zero attached hydrogens (tertiary/aromatic N) is 1. The molecule has 0 spiro atoms. The summed E-state index contributed by atoms with van der Waals surface area (Å²) in [4.78, 5) is 12.9. The number of aryl methyl sites for hydroxylation is 2. The van der Waals surface area contributed by atoms with Crippen LogP contribution in [0.15, 0.2) is 71.6 Å². The molecule has 0 saturated carbocycles. The van der Waals surface area contributed by atoms with Gasteiger partial charge in [-0.15, -0.1) is 0 Å². The number of para-hydroxylation sites is 1. The summed E-state index contributed by atoms with van der Waals surface area (Å²) in [6.07, 6.45) is 0. The smallest absolute Gasteiger partial charge is 0.264 e. The number of benzene rings is 3. The Kier molecular flexibility index (Phi) is 6.65. The van der Waals surface area contributed by atoms with Crippen molar-refractivity contribution in [3.63, 3.8) is 0 Å². The van der Waals surface area contributed by atoms with Crippen molar-refractivity contribution in [1.82, 2.24) is 5.32 Å². The van der Waals surface area contributed by atoms with Crippen LogP contribution in [0.3, 0.4) is 0 Å². The lowest BCUT2D eigenvalue weighted by Crippen LogP contribution is -2.28. The molecule has 3 aromatic carbocycles. The molecule has 0 saturated heterocycles. The van der Waals surface area contributed by atoms with Crippen molar-refractivity contribution in [3.8, 4) is 5.75 Å². The van der Waals surface area contributed by atoms with E-state index in [1.807, 2.05) is 38.1 Å². The third-order valence-electron chi connectivity index (χ3n) is 5.12. The van der Waals surface area contributed by atoms with Crippen molar-refractivity contribution in [3.05, 3.63) is 89.0 Å². The van der Waals surface area contributed by atoms with E-state index in [1.165, 1.54) is 11.4 Å². The number of amides is 1. The number of anilines is 1. The van der Waals surface area contributed by atoms with Crippen molar-refractivity contribution < 1.29 is 17.9 Å². The molecule has 3 aromatic rings. The van der Waals surface area contributed by atoms with Crippen molar-refractivity contribution in [1.29, 1.82) is 0 Å². The molecule has 0 fully saturated rings. The van der Waals surface area contributed by atoms with Crippen LogP contribution in [0.2, 0.25) is 0 Å². The van der Waals surface area contributed by atoms with Gasteiger partial charge in [0.15, 0.2) is 0 Å². The van der Waals surface area contributed by atoms with Crippen LogP contribution in [-0.4, -0.2) is 28.5 Å². The van der Waals surface area contributed by atoms with Gasteiger partial charge in [-0.25, -0.2) is 8.42 Å². The second-order valence-electron chi connectivity index (χ2n) is 7.28. The van der Waals surface area contributed by atoms with Gasteiger partial charge in [-0.2, -0.15) is 0 Å². The summed E-state index contributed by atoms with van der Waals surface area (Å²) in [6.45, 7) is 4.01. The lowest BCUT2D eigenvalue weighted by molar-refractivity contribution is 0.0950. The molecule has 3 rings (SSSR count). The molecule has 1 N–H and O–H groups in total. The molecular weight excluding hydrogens is 412 g/mol. The van der Waals surface area contributed by atoms with Gasteiger partial charge in [-0.1, -0.05) is 42.0 Å². The Morgan fingerprint density at radius 1 is 1.00 bits per heavy atom. The fourth-order valence-corrected chi connectivity index (χ4v) is 4.47. The molecule has 0 radical (unpaired) electrons. The van der Waals surface area contributed by atoms with Gasteiger partial charge in [0.2, 0.25) is 0 Å². The largest absolute Gasteiger partial charge is 0.496 e. The first-order valence-corrected chi connectivity index (χ1v) is 11.2. The third kappa shape index (κ3) is 4.88. The zero-order valence-electron chi connectivity index (χ0n) is 18.0. The Morgan fingerprint density at radius 3 is 2.35 bits per heavy atom. The molecular formula is C24H26N2O4S. The average Bonchev–Trinajstić information content (AvgIpc) is 2.77. The molecule has 0 bridgehead atoms. The van der Waals surface area contributed by atoms with Crippen molar-refractivity contribution in [2.24, 2.45) is 0 Å². The Balaban J connectivity index is 1.84. The summed E-state index contributed by atoms with van der Waals surface area (Å²) in [5.41, 5.74) is 3.41. The quantitative estimate of drug-likeness (QED) is 0.603. The lowest BCUT2D eigenvalue weighted by Gasteiger charge is -2.22. The van der Waals surface area contributed by atoms with E-state index in [1.54, 1.807) is 49.6 Å². The Hall–Kier alpha value is -3.32. The maximum Gasteiger partial charge on any atom is 0.264 e. The Morgan fingerprint density at radius 2 is 1.68 bits per heavy atom. The van der Waals surface area contributed by atoms with Crippen molar-refractivity contribution in [2.75, 3.05) is 18.5 Å². The van der Waals surface area contributed by atoms with Gasteiger partial charge in [0.25, 0.3) is 15.9 Å². The normalized spacial score (nSPS) is 11.1. The topological polar surface area (TPSA) is 75.7 Å². The zero-order valence-corrected chi connectivity index (χ0v) is 18.9. The molecule has 1 amide bonds. The Bertz CT molecular complexity index is 1190. The van der Waals surface area contributed by atoms with Crippen LogP contribution >= 0.6 is 0 Å². The van der Waals surface area contributed by atoms with Crippen LogP contribution in [-0.2, 0) is 16.6 Å². The van der Waals surface area contributed by atoms with E-state index in [0.717, 1.165) is 16.7 Å². The van der Waals surface area contributed by atoms with Crippen LogP contribution in [0.4, 0.5) is 5.69 Å². The summed E-state index contributed by atoms with van der Waals surface area (Å²) in [7, 11) is -0.678. The van der Waals surface area contributed by atoms with E-state index in [0.29, 0.717) is 23.5 Å². The minimum atomic E-state index is -3.75. The standard InChI is InChI=1S/C24H26N2O4S/c1-17-9-13-21(14-10-17)31(28,29)26(3)22-15-19(12-11-18(22)2)24(27)25-16-20-7-5-6-8-23(20)30-4/h5-15H,16H2,1-4H3,(H,25,27). The third-order valence-corrected chi connectivity index (χ3v) is 6.91. The van der Waals surface area contributed by atoms with Gasteiger partial charge >= 0.3 is 0 Å². The first-order valence-electron chi connectivity index (χ1n) is 9.80. The predicted molar refractivity (Wildman–Crippen MR) is 122 cm³/mol. The number of hydrogen-bond acceptors (Lipinski definition) is 4. The number of rotatable bonds is 7. The summed E-state index contributed by atoms with van der Waals surface area (Å²) < 4.78 is 32.7. The molecule has 0 aliphatic carbocycles. The Labute approximate surface area is 183 Å². The number of nitrogens with one attached hydrogen (secondary N) is 1. The maximum atomic E-state index is 13.1. The second-order valence-corrected chi connectivity index (χ2v) is 9.25. The molecule has 0 aliphatic heterocycles. The minimum Gasteiger partial charge on any atom is -0.496 e. The molecule has 0 atom stereocenters. The zero-order chi connectivity index (χ0) is 22.6. The van der Waals surface area contributed by atoms with Crippen molar-refractivity contribution >= 4 is 21.6 Å². The maximum absolute atomic E-state index is 13.1. The minimum absolute atomic E-state index is 0.200. The van der Waals surface area contributed by atoms with E-state index in [-0.39, 0.29) is 10.8 Å². The van der Waals surface area contributed by atoms with E-state index in [4.69, 9.17) is 4.74 Å². The number of hydrogen-bond donors (Lipinski definition) is 1. The van der Waals surface area contributed by atoms with E-state index in [9.17, 15) is 13.2 Å². The van der Waals surface area contributed by atoms with Crippen LogP contribution in [0.1, 0.15) is 27.0 Å². The summed E-state index contributed by atoms with van der Waals surface area (Å²) in [6, 6.07) is 19.2. The highest BCUT2D eigenvalue weighted by atomic mass is 32.2. The number of sulfonamides is 1. The van der Waals surface area contributed by atoms with Crippen LogP contribution in [0, 0.1) is 13.8 Å². The SMILES string of the molecule is COc1ccccc1CNC(=O)c1ccc(C)c(N(C)S(=O)(=O)c2ccc(C)cc2)c1. The summed E-state index contributed by atoms with van der Waals surface area (Å²) in [5, 5.41) is 2.87. The average molecular weight is 439 g/mol. The van der Waals surface area contributed by atoms with Gasteiger partial charge in [-0.05, 0) is 49.7 Å². The van der Waals surface area contributed by atoms with Crippen LogP contribution in [0.25, 0.3) is 0 Å². The highest BCUT2D eigenvalue weighted by Gasteiger charge is 2.23. The molecule has 7 heteroatoms. The van der Waals surface area contributed by atoms with E-state index >= 15 is 0 Å².